The third kappa shape index (κ3) is 4.71. The average molecular weight is 389 g/mol. The highest BCUT2D eigenvalue weighted by molar-refractivity contribution is 5.94. The molecule has 1 aliphatic rings. The lowest BCUT2D eigenvalue weighted by atomic mass is 9.97. The number of hydrogen-bond acceptors (Lipinski definition) is 4. The maximum absolute atomic E-state index is 12.5. The van der Waals surface area contributed by atoms with Crippen molar-refractivity contribution in [3.8, 4) is 0 Å². The van der Waals surface area contributed by atoms with Crippen molar-refractivity contribution >= 4 is 11.8 Å². The van der Waals surface area contributed by atoms with E-state index in [0.29, 0.717) is 23.6 Å². The van der Waals surface area contributed by atoms with Gasteiger partial charge in [-0.15, -0.1) is 0 Å². The zero-order valence-electron chi connectivity index (χ0n) is 16.1. The van der Waals surface area contributed by atoms with E-state index in [0.717, 1.165) is 37.2 Å². The van der Waals surface area contributed by atoms with Crippen molar-refractivity contribution in [3.05, 3.63) is 89.6 Å². The molecule has 1 aromatic carbocycles. The largest absolute Gasteiger partial charge is 0.472 e. The van der Waals surface area contributed by atoms with Crippen LogP contribution in [0.3, 0.4) is 0 Å². The van der Waals surface area contributed by atoms with Crippen LogP contribution in [0.2, 0.25) is 0 Å². The van der Waals surface area contributed by atoms with Gasteiger partial charge in [0.1, 0.15) is 6.26 Å². The van der Waals surface area contributed by atoms with E-state index in [1.54, 1.807) is 12.3 Å². The van der Waals surface area contributed by atoms with E-state index in [-0.39, 0.29) is 11.8 Å². The lowest BCUT2D eigenvalue weighted by Gasteiger charge is -2.16. The number of nitrogens with one attached hydrogen (secondary N) is 1. The Labute approximate surface area is 169 Å². The van der Waals surface area contributed by atoms with E-state index in [4.69, 9.17) is 4.42 Å². The summed E-state index contributed by atoms with van der Waals surface area (Å²) in [6.45, 7) is 1.87. The van der Waals surface area contributed by atoms with Gasteiger partial charge in [0.15, 0.2) is 0 Å². The van der Waals surface area contributed by atoms with Crippen LogP contribution in [0.4, 0.5) is 0 Å². The van der Waals surface area contributed by atoms with Gasteiger partial charge in [-0.3, -0.25) is 14.6 Å². The van der Waals surface area contributed by atoms with Gasteiger partial charge in [0.2, 0.25) is 0 Å². The molecule has 0 bridgehead atoms. The van der Waals surface area contributed by atoms with Crippen LogP contribution >= 0.6 is 0 Å². The predicted octanol–water partition coefficient (Wildman–Crippen LogP) is 3.31. The van der Waals surface area contributed by atoms with Crippen LogP contribution in [-0.2, 0) is 13.0 Å². The molecule has 3 aromatic rings. The monoisotopic (exact) mass is 389 g/mol. The molecule has 1 unspecified atom stereocenters. The second kappa shape index (κ2) is 8.73. The highest BCUT2D eigenvalue weighted by Crippen LogP contribution is 2.23. The number of amides is 2. The second-order valence-electron chi connectivity index (χ2n) is 7.33. The molecule has 2 aromatic heterocycles. The molecule has 0 aliphatic carbocycles. The van der Waals surface area contributed by atoms with Crippen molar-refractivity contribution in [1.29, 1.82) is 0 Å². The van der Waals surface area contributed by atoms with Crippen molar-refractivity contribution in [1.82, 2.24) is 15.2 Å². The summed E-state index contributed by atoms with van der Waals surface area (Å²) >= 11 is 0. The normalized spacial score (nSPS) is 16.0. The lowest BCUT2D eigenvalue weighted by Crippen LogP contribution is -2.28. The number of furan rings is 1. The second-order valence-corrected chi connectivity index (χ2v) is 7.33. The molecule has 1 saturated heterocycles. The van der Waals surface area contributed by atoms with Crippen LogP contribution < -0.4 is 5.32 Å². The standard InChI is InChI=1S/C23H23N3O3/c27-22(25-14-21-6-1-2-9-24-21)19-5-3-4-17(13-19)12-18-7-10-26(15-18)23(28)20-8-11-29-16-20/h1-6,8-9,11,13,16,18H,7,10,12,14-15H2,(H,25,27). The van der Waals surface area contributed by atoms with Crippen molar-refractivity contribution in [2.75, 3.05) is 13.1 Å². The van der Waals surface area contributed by atoms with Crippen LogP contribution in [0.15, 0.2) is 71.7 Å². The molecule has 1 atom stereocenters. The van der Waals surface area contributed by atoms with Gasteiger partial charge in [-0.2, -0.15) is 0 Å². The number of hydrogen-bond donors (Lipinski definition) is 1. The quantitative estimate of drug-likeness (QED) is 0.702. The maximum Gasteiger partial charge on any atom is 0.257 e. The average Bonchev–Trinajstić information content (AvgIpc) is 3.45. The molecule has 4 rings (SSSR count). The fraction of sp³-hybridized carbons (Fsp3) is 0.261. The number of benzene rings is 1. The number of aromatic nitrogens is 1. The number of likely N-dealkylation sites (tertiary alicyclic amines) is 1. The first-order valence-electron chi connectivity index (χ1n) is 9.77. The Hall–Kier alpha value is -3.41. The van der Waals surface area contributed by atoms with Crippen molar-refractivity contribution in [3.63, 3.8) is 0 Å². The van der Waals surface area contributed by atoms with E-state index in [1.165, 1.54) is 12.5 Å². The molecule has 29 heavy (non-hydrogen) atoms. The molecule has 3 heterocycles. The topological polar surface area (TPSA) is 75.4 Å². The Kier molecular flexibility index (Phi) is 5.70. The van der Waals surface area contributed by atoms with Crippen LogP contribution in [0.1, 0.15) is 38.4 Å². The highest BCUT2D eigenvalue weighted by atomic mass is 16.3. The summed E-state index contributed by atoms with van der Waals surface area (Å²) in [4.78, 5) is 31.0. The molecule has 0 saturated carbocycles. The smallest absolute Gasteiger partial charge is 0.257 e. The molecule has 1 aliphatic heterocycles. The highest BCUT2D eigenvalue weighted by Gasteiger charge is 2.27. The summed E-state index contributed by atoms with van der Waals surface area (Å²) in [7, 11) is 0. The minimum atomic E-state index is -0.110. The van der Waals surface area contributed by atoms with E-state index in [2.05, 4.69) is 10.3 Å². The van der Waals surface area contributed by atoms with Crippen LogP contribution in [-0.4, -0.2) is 34.8 Å². The fourth-order valence-corrected chi connectivity index (χ4v) is 3.70. The fourth-order valence-electron chi connectivity index (χ4n) is 3.70. The molecular formula is C23H23N3O3. The maximum atomic E-state index is 12.5. The summed E-state index contributed by atoms with van der Waals surface area (Å²) in [6.07, 6.45) is 6.52. The number of carbonyl (C=O) groups is 2. The minimum absolute atomic E-state index is 0.0175. The summed E-state index contributed by atoms with van der Waals surface area (Å²) in [5.41, 5.74) is 3.17. The first kappa shape index (κ1) is 18.9. The summed E-state index contributed by atoms with van der Waals surface area (Å²) in [6, 6.07) is 15.0. The Morgan fingerprint density at radius 3 is 2.86 bits per heavy atom. The minimum Gasteiger partial charge on any atom is -0.472 e. The SMILES string of the molecule is O=C(NCc1ccccn1)c1cccc(CC2CCN(C(=O)c3ccoc3)C2)c1. The number of rotatable bonds is 6. The molecule has 1 N–H and O–H groups in total. The first-order valence-corrected chi connectivity index (χ1v) is 9.77. The molecule has 0 radical (unpaired) electrons. The molecule has 148 valence electrons. The summed E-state index contributed by atoms with van der Waals surface area (Å²) in [5.74, 6) is 0.294. The van der Waals surface area contributed by atoms with Crippen LogP contribution in [0, 0.1) is 5.92 Å². The van der Waals surface area contributed by atoms with Gasteiger partial charge in [0.05, 0.1) is 24.1 Å². The van der Waals surface area contributed by atoms with Crippen molar-refractivity contribution in [2.24, 2.45) is 5.92 Å². The van der Waals surface area contributed by atoms with Crippen molar-refractivity contribution in [2.45, 2.75) is 19.4 Å². The van der Waals surface area contributed by atoms with Gasteiger partial charge in [0, 0.05) is 24.8 Å². The van der Waals surface area contributed by atoms with Crippen LogP contribution in [0.25, 0.3) is 0 Å². The Morgan fingerprint density at radius 1 is 1.14 bits per heavy atom. The lowest BCUT2D eigenvalue weighted by molar-refractivity contribution is 0.0786. The van der Waals surface area contributed by atoms with E-state index >= 15 is 0 Å². The zero-order valence-corrected chi connectivity index (χ0v) is 16.1. The third-order valence-electron chi connectivity index (χ3n) is 5.21. The van der Waals surface area contributed by atoms with Gasteiger partial charge in [0.25, 0.3) is 11.8 Å². The van der Waals surface area contributed by atoms with E-state index in [9.17, 15) is 9.59 Å². The van der Waals surface area contributed by atoms with Gasteiger partial charge < -0.3 is 14.6 Å². The van der Waals surface area contributed by atoms with Gasteiger partial charge in [-0.1, -0.05) is 18.2 Å². The molecule has 6 nitrogen and oxygen atoms in total. The third-order valence-corrected chi connectivity index (χ3v) is 5.21. The molecule has 2 amide bonds. The van der Waals surface area contributed by atoms with Crippen LogP contribution in [0.5, 0.6) is 0 Å². The zero-order chi connectivity index (χ0) is 20.1. The number of carbonyl (C=O) groups excluding carboxylic acids is 2. The van der Waals surface area contributed by atoms with E-state index in [1.807, 2.05) is 47.4 Å². The molecule has 6 heteroatoms. The Bertz CT molecular complexity index is 970. The summed E-state index contributed by atoms with van der Waals surface area (Å²) in [5, 5.41) is 2.91. The number of nitrogens with zero attached hydrogens (tertiary/aromatic N) is 2. The molecule has 1 fully saturated rings. The summed E-state index contributed by atoms with van der Waals surface area (Å²) < 4.78 is 5.01. The van der Waals surface area contributed by atoms with Crippen molar-refractivity contribution < 1.29 is 14.0 Å². The van der Waals surface area contributed by atoms with E-state index < -0.39 is 0 Å². The molecule has 0 spiro atoms. The Morgan fingerprint density at radius 2 is 2.07 bits per heavy atom. The molecular weight excluding hydrogens is 366 g/mol. The number of pyridine rings is 1. The van der Waals surface area contributed by atoms with Gasteiger partial charge >= 0.3 is 0 Å². The van der Waals surface area contributed by atoms with Gasteiger partial charge in [-0.05, 0) is 54.7 Å². The predicted molar refractivity (Wildman–Crippen MR) is 108 cm³/mol. The first-order chi connectivity index (χ1) is 14.2. The van der Waals surface area contributed by atoms with Gasteiger partial charge in [-0.25, -0.2) is 0 Å². The Balaban J connectivity index is 1.33.